The first-order chi connectivity index (χ1) is 16.8. The minimum absolute atomic E-state index is 0.0346. The average molecular weight is 535 g/mol. The van der Waals surface area contributed by atoms with Gasteiger partial charge in [0.1, 0.15) is 24.2 Å². The van der Waals surface area contributed by atoms with Crippen LogP contribution >= 0.6 is 11.8 Å². The first kappa shape index (κ1) is 32.9. The molecule has 36 heavy (non-hydrogen) atoms. The molecule has 0 saturated heterocycles. The highest BCUT2D eigenvalue weighted by Gasteiger charge is 2.31. The highest BCUT2D eigenvalue weighted by atomic mass is 32.2. The number of carboxylic acids is 1. The molecule has 0 aromatic heterocycles. The fraction of sp³-hybridized carbons (Fsp3) is 0.700. The Bertz CT molecular complexity index is 792. The summed E-state index contributed by atoms with van der Waals surface area (Å²) in [6, 6.07) is -5.05. The molecule has 0 aliphatic rings. The lowest BCUT2D eigenvalue weighted by atomic mass is 10.1. The number of carbonyl (C=O) groups excluding carboxylic acids is 4. The van der Waals surface area contributed by atoms with E-state index in [0.717, 1.165) is 0 Å². The van der Waals surface area contributed by atoms with Gasteiger partial charge in [-0.05, 0) is 44.6 Å². The Morgan fingerprint density at radius 3 is 1.89 bits per heavy atom. The van der Waals surface area contributed by atoms with Crippen molar-refractivity contribution in [2.75, 3.05) is 18.6 Å². The standard InChI is InChI=1S/C20H38N8O7S/c1-10(29)15(22)18(33)27-12(5-6-14(21)30)17(32)26-11(4-3-8-25-20(23)24)16(31)28-13(19(34)35)7-9-36-2/h10-13,15,29H,3-9,22H2,1-2H3,(H2,21,30)(H,26,32)(H,27,33)(H,28,31)(H,34,35)(H4,23,24,25). The molecular weight excluding hydrogens is 496 g/mol. The van der Waals surface area contributed by atoms with Crippen molar-refractivity contribution in [3.05, 3.63) is 0 Å². The van der Waals surface area contributed by atoms with Crippen LogP contribution in [0.3, 0.4) is 0 Å². The second-order valence-electron chi connectivity index (χ2n) is 8.02. The highest BCUT2D eigenvalue weighted by molar-refractivity contribution is 7.98. The topological polar surface area (TPSA) is 278 Å². The van der Waals surface area contributed by atoms with E-state index in [4.69, 9.17) is 22.9 Å². The zero-order chi connectivity index (χ0) is 27.8. The average Bonchev–Trinajstić information content (AvgIpc) is 2.79. The molecule has 0 bridgehead atoms. The lowest BCUT2D eigenvalue weighted by Crippen LogP contribution is -2.58. The van der Waals surface area contributed by atoms with Crippen LogP contribution in [0.1, 0.15) is 39.0 Å². The molecule has 15 nitrogen and oxygen atoms in total. The van der Waals surface area contributed by atoms with Gasteiger partial charge < -0.3 is 49.1 Å². The van der Waals surface area contributed by atoms with Gasteiger partial charge in [-0.15, -0.1) is 0 Å². The molecule has 0 fully saturated rings. The molecule has 0 heterocycles. The largest absolute Gasteiger partial charge is 0.480 e. The number of aliphatic hydroxyl groups is 1. The number of primary amides is 1. The minimum Gasteiger partial charge on any atom is -0.480 e. The van der Waals surface area contributed by atoms with Crippen molar-refractivity contribution in [1.82, 2.24) is 16.0 Å². The summed E-state index contributed by atoms with van der Waals surface area (Å²) in [5.74, 6) is -4.10. The monoisotopic (exact) mass is 534 g/mol. The van der Waals surface area contributed by atoms with Crippen LogP contribution in [0.2, 0.25) is 0 Å². The number of carbonyl (C=O) groups is 5. The van der Waals surface area contributed by atoms with E-state index in [-0.39, 0.29) is 44.6 Å². The van der Waals surface area contributed by atoms with E-state index in [9.17, 15) is 34.2 Å². The van der Waals surface area contributed by atoms with Crippen molar-refractivity contribution in [2.45, 2.75) is 69.3 Å². The second kappa shape index (κ2) is 17.3. The summed E-state index contributed by atoms with van der Waals surface area (Å²) in [5.41, 5.74) is 21.3. The molecule has 4 amide bonds. The van der Waals surface area contributed by atoms with E-state index in [1.807, 2.05) is 0 Å². The summed E-state index contributed by atoms with van der Waals surface area (Å²) in [7, 11) is 0. The Morgan fingerprint density at radius 1 is 0.889 bits per heavy atom. The Labute approximate surface area is 213 Å². The van der Waals surface area contributed by atoms with Crippen LogP contribution in [0.25, 0.3) is 0 Å². The van der Waals surface area contributed by atoms with Crippen LogP contribution in [-0.2, 0) is 24.0 Å². The van der Waals surface area contributed by atoms with Gasteiger partial charge in [0.25, 0.3) is 0 Å². The van der Waals surface area contributed by atoms with Crippen LogP contribution in [0.4, 0.5) is 0 Å². The number of nitrogens with one attached hydrogen (secondary N) is 3. The summed E-state index contributed by atoms with van der Waals surface area (Å²) >= 11 is 1.41. The number of nitrogens with zero attached hydrogens (tertiary/aromatic N) is 1. The maximum atomic E-state index is 13.0. The van der Waals surface area contributed by atoms with Gasteiger partial charge in [-0.2, -0.15) is 11.8 Å². The van der Waals surface area contributed by atoms with Crippen LogP contribution in [0, 0.1) is 0 Å². The Hall–Kier alpha value is -3.11. The second-order valence-corrected chi connectivity index (χ2v) is 9.01. The quantitative estimate of drug-likeness (QED) is 0.0468. The summed E-state index contributed by atoms with van der Waals surface area (Å²) in [4.78, 5) is 64.8. The van der Waals surface area contributed by atoms with Crippen molar-refractivity contribution in [3.8, 4) is 0 Å². The van der Waals surface area contributed by atoms with Gasteiger partial charge in [-0.3, -0.25) is 24.2 Å². The molecule has 16 heteroatoms. The Kier molecular flexibility index (Phi) is 15.8. The fourth-order valence-corrected chi connectivity index (χ4v) is 3.32. The predicted molar refractivity (Wildman–Crippen MR) is 134 cm³/mol. The van der Waals surface area contributed by atoms with Crippen LogP contribution in [0.5, 0.6) is 0 Å². The van der Waals surface area contributed by atoms with Crippen molar-refractivity contribution in [2.24, 2.45) is 27.9 Å². The normalized spacial score (nSPS) is 14.9. The Balaban J connectivity index is 5.67. The molecule has 0 spiro atoms. The number of carboxylic acid groups (broad SMARTS) is 1. The van der Waals surface area contributed by atoms with Gasteiger partial charge in [-0.1, -0.05) is 0 Å². The molecule has 0 aliphatic heterocycles. The van der Waals surface area contributed by atoms with Gasteiger partial charge in [0.2, 0.25) is 23.6 Å². The summed E-state index contributed by atoms with van der Waals surface area (Å²) in [5, 5.41) is 26.2. The number of hydrogen-bond acceptors (Lipinski definition) is 9. The third kappa shape index (κ3) is 13.7. The van der Waals surface area contributed by atoms with E-state index < -0.39 is 59.9 Å². The molecular formula is C20H38N8O7S. The van der Waals surface area contributed by atoms with Gasteiger partial charge in [0.05, 0.1) is 6.10 Å². The zero-order valence-electron chi connectivity index (χ0n) is 20.4. The molecule has 0 aromatic rings. The third-order valence-electron chi connectivity index (χ3n) is 4.94. The molecule has 0 aliphatic carbocycles. The molecule has 0 aromatic carbocycles. The molecule has 5 unspecified atom stereocenters. The number of aliphatic carboxylic acids is 1. The van der Waals surface area contributed by atoms with Gasteiger partial charge in [0.15, 0.2) is 5.96 Å². The summed E-state index contributed by atoms with van der Waals surface area (Å²) in [6.45, 7) is 1.43. The lowest BCUT2D eigenvalue weighted by Gasteiger charge is -2.25. The van der Waals surface area contributed by atoms with Gasteiger partial charge in [-0.25, -0.2) is 4.79 Å². The number of rotatable bonds is 18. The first-order valence-electron chi connectivity index (χ1n) is 11.2. The number of nitrogens with two attached hydrogens (primary N) is 4. The maximum Gasteiger partial charge on any atom is 0.326 e. The van der Waals surface area contributed by atoms with E-state index in [1.54, 1.807) is 6.26 Å². The number of aliphatic hydroxyl groups excluding tert-OH is 1. The number of thioether (sulfide) groups is 1. The van der Waals surface area contributed by atoms with Crippen molar-refractivity contribution < 1.29 is 34.2 Å². The smallest absolute Gasteiger partial charge is 0.326 e. The zero-order valence-corrected chi connectivity index (χ0v) is 21.3. The summed E-state index contributed by atoms with van der Waals surface area (Å²) in [6.07, 6.45) is 0.556. The Morgan fingerprint density at radius 2 is 1.42 bits per heavy atom. The van der Waals surface area contributed by atoms with E-state index in [1.165, 1.54) is 18.7 Å². The van der Waals surface area contributed by atoms with Crippen molar-refractivity contribution in [3.63, 3.8) is 0 Å². The molecule has 0 rings (SSSR count). The molecule has 206 valence electrons. The summed E-state index contributed by atoms with van der Waals surface area (Å²) < 4.78 is 0. The third-order valence-corrected chi connectivity index (χ3v) is 5.58. The van der Waals surface area contributed by atoms with Crippen molar-refractivity contribution >= 4 is 47.3 Å². The lowest BCUT2D eigenvalue weighted by molar-refractivity contribution is -0.142. The highest BCUT2D eigenvalue weighted by Crippen LogP contribution is 2.06. The maximum absolute atomic E-state index is 13.0. The predicted octanol–water partition coefficient (Wildman–Crippen LogP) is -3.69. The number of hydrogen-bond donors (Lipinski definition) is 9. The molecule has 13 N–H and O–H groups in total. The van der Waals surface area contributed by atoms with E-state index in [0.29, 0.717) is 5.75 Å². The van der Waals surface area contributed by atoms with E-state index >= 15 is 0 Å². The van der Waals surface area contributed by atoms with Gasteiger partial charge >= 0.3 is 5.97 Å². The first-order valence-corrected chi connectivity index (χ1v) is 12.6. The van der Waals surface area contributed by atoms with Crippen LogP contribution < -0.4 is 38.9 Å². The number of aliphatic imine (C=N–C) groups is 1. The molecule has 0 radical (unpaired) electrons. The van der Waals surface area contributed by atoms with Crippen molar-refractivity contribution in [1.29, 1.82) is 0 Å². The number of guanidine groups is 1. The van der Waals surface area contributed by atoms with Crippen LogP contribution in [0.15, 0.2) is 4.99 Å². The fourth-order valence-electron chi connectivity index (χ4n) is 2.85. The minimum atomic E-state index is -1.35. The van der Waals surface area contributed by atoms with Crippen LogP contribution in [-0.4, -0.2) is 94.6 Å². The molecule has 5 atom stereocenters. The van der Waals surface area contributed by atoms with E-state index in [2.05, 4.69) is 20.9 Å². The SMILES string of the molecule is CSCCC(NC(=O)C(CCCN=C(N)N)NC(=O)C(CCC(N)=O)NC(=O)C(N)C(C)O)C(=O)O. The molecule has 0 saturated carbocycles. The van der Waals surface area contributed by atoms with Gasteiger partial charge in [0, 0.05) is 13.0 Å². The number of amides is 4.